The second kappa shape index (κ2) is 9.39. The van der Waals surface area contributed by atoms with Gasteiger partial charge in [0.05, 0.1) is 18.1 Å². The molecule has 3 aromatic carbocycles. The molecule has 1 saturated carbocycles. The van der Waals surface area contributed by atoms with Crippen LogP contribution >= 0.6 is 0 Å². The van der Waals surface area contributed by atoms with Gasteiger partial charge in [0.25, 0.3) is 5.91 Å². The highest BCUT2D eigenvalue weighted by molar-refractivity contribution is 5.99. The molecule has 1 aromatic heterocycles. The molecule has 0 unspecified atom stereocenters. The molecule has 0 aliphatic heterocycles. The van der Waals surface area contributed by atoms with Crippen LogP contribution in [0.1, 0.15) is 28.8 Å². The molecule has 0 spiro atoms. The van der Waals surface area contributed by atoms with Crippen LogP contribution in [-0.4, -0.2) is 41.7 Å². The summed E-state index contributed by atoms with van der Waals surface area (Å²) in [5.74, 6) is 0.585. The first kappa shape index (κ1) is 21.7. The number of hydrogen-bond donors (Lipinski definition) is 0. The largest absolute Gasteiger partial charge is 0.497 e. The van der Waals surface area contributed by atoms with E-state index >= 15 is 0 Å². The highest BCUT2D eigenvalue weighted by atomic mass is 16.5. The van der Waals surface area contributed by atoms with Crippen molar-refractivity contribution in [3.8, 4) is 17.1 Å². The smallest absolute Gasteiger partial charge is 0.338 e. The average molecular weight is 456 g/mol. The predicted molar refractivity (Wildman–Crippen MR) is 126 cm³/mol. The second-order valence-corrected chi connectivity index (χ2v) is 8.29. The van der Waals surface area contributed by atoms with E-state index in [0.717, 1.165) is 29.7 Å². The minimum atomic E-state index is -0.560. The van der Waals surface area contributed by atoms with E-state index in [1.165, 1.54) is 0 Å². The number of rotatable bonds is 8. The highest BCUT2D eigenvalue weighted by Gasteiger charge is 2.33. The van der Waals surface area contributed by atoms with Crippen LogP contribution in [0.4, 0.5) is 0 Å². The summed E-state index contributed by atoms with van der Waals surface area (Å²) in [5.41, 5.74) is 2.85. The van der Waals surface area contributed by atoms with E-state index in [1.54, 1.807) is 30.2 Å². The molecule has 34 heavy (non-hydrogen) atoms. The minimum Gasteiger partial charge on any atom is -0.497 e. The Bertz CT molecular complexity index is 1310. The summed E-state index contributed by atoms with van der Waals surface area (Å²) in [6.45, 7) is 0.164. The molecule has 4 aromatic rings. The average Bonchev–Trinajstić information content (AvgIpc) is 3.64. The Hall–Kier alpha value is -4.13. The van der Waals surface area contributed by atoms with Crippen molar-refractivity contribution < 1.29 is 23.6 Å². The van der Waals surface area contributed by atoms with Crippen LogP contribution in [0.3, 0.4) is 0 Å². The molecule has 0 saturated heterocycles. The molecule has 172 valence electrons. The van der Waals surface area contributed by atoms with Gasteiger partial charge in [-0.1, -0.05) is 47.6 Å². The summed E-state index contributed by atoms with van der Waals surface area (Å²) in [6, 6.07) is 22.4. The fourth-order valence-electron chi connectivity index (χ4n) is 3.89. The number of hydrogen-bond acceptors (Lipinski definition) is 6. The van der Waals surface area contributed by atoms with Crippen molar-refractivity contribution in [3.63, 3.8) is 0 Å². The van der Waals surface area contributed by atoms with Gasteiger partial charge >= 0.3 is 5.97 Å². The molecule has 1 fully saturated rings. The number of carbonyl (C=O) groups is 2. The maximum Gasteiger partial charge on any atom is 0.338 e. The third kappa shape index (κ3) is 4.64. The Labute approximate surface area is 196 Å². The number of ether oxygens (including phenoxy) is 2. The first-order valence-electron chi connectivity index (χ1n) is 11.2. The van der Waals surface area contributed by atoms with Crippen LogP contribution in [0, 0.1) is 0 Å². The molecule has 0 atom stereocenters. The molecule has 5 rings (SSSR count). The summed E-state index contributed by atoms with van der Waals surface area (Å²) >= 11 is 0. The normalized spacial score (nSPS) is 13.0. The van der Waals surface area contributed by atoms with E-state index < -0.39 is 5.97 Å². The first-order chi connectivity index (χ1) is 16.6. The number of carbonyl (C=O) groups excluding carboxylic acids is 2. The van der Waals surface area contributed by atoms with Crippen molar-refractivity contribution in [2.75, 3.05) is 13.7 Å². The monoisotopic (exact) mass is 456 g/mol. The number of methoxy groups -OCH3 is 1. The van der Waals surface area contributed by atoms with E-state index in [4.69, 9.17) is 14.0 Å². The van der Waals surface area contributed by atoms with Crippen LogP contribution < -0.4 is 4.74 Å². The molecule has 0 bridgehead atoms. The summed E-state index contributed by atoms with van der Waals surface area (Å²) < 4.78 is 16.1. The second-order valence-electron chi connectivity index (χ2n) is 8.29. The van der Waals surface area contributed by atoms with Crippen LogP contribution in [-0.2, 0) is 16.1 Å². The van der Waals surface area contributed by atoms with E-state index in [-0.39, 0.29) is 18.6 Å². The lowest BCUT2D eigenvalue weighted by atomic mass is 10.1. The van der Waals surface area contributed by atoms with Crippen molar-refractivity contribution in [2.24, 2.45) is 0 Å². The van der Waals surface area contributed by atoms with Gasteiger partial charge in [0.2, 0.25) is 0 Å². The lowest BCUT2D eigenvalue weighted by Gasteiger charge is -2.22. The molecule has 0 radical (unpaired) electrons. The Balaban J connectivity index is 1.27. The van der Waals surface area contributed by atoms with Crippen LogP contribution in [0.15, 0.2) is 77.3 Å². The number of fused-ring (bicyclic) bond motifs is 1. The fraction of sp³-hybridized carbons (Fsp3) is 0.222. The standard InChI is InChI=1S/C27H24N2O5/c1-32-22-12-7-18(8-13-22)16-29(21-10-11-21)25(30)17-33-27(31)20-9-14-24-23(15-20)26(34-28-24)19-5-3-2-4-6-19/h2-9,12-15,21H,10-11,16-17H2,1H3. The molecule has 7 nitrogen and oxygen atoms in total. The van der Waals surface area contributed by atoms with Crippen molar-refractivity contribution in [1.82, 2.24) is 10.1 Å². The van der Waals surface area contributed by atoms with Crippen molar-refractivity contribution >= 4 is 22.8 Å². The van der Waals surface area contributed by atoms with Crippen LogP contribution in [0.2, 0.25) is 0 Å². The van der Waals surface area contributed by atoms with Crippen molar-refractivity contribution in [2.45, 2.75) is 25.4 Å². The summed E-state index contributed by atoms with van der Waals surface area (Å²) in [5, 5.41) is 4.79. The van der Waals surface area contributed by atoms with Crippen molar-refractivity contribution in [3.05, 3.63) is 83.9 Å². The molecule has 1 amide bonds. The van der Waals surface area contributed by atoms with Crippen LogP contribution in [0.5, 0.6) is 5.75 Å². The SMILES string of the molecule is COc1ccc(CN(C(=O)COC(=O)c2ccc3noc(-c4ccccc4)c3c2)C2CC2)cc1. The van der Waals surface area contributed by atoms with E-state index in [2.05, 4.69) is 5.16 Å². The number of aromatic nitrogens is 1. The third-order valence-corrected chi connectivity index (χ3v) is 5.89. The molecule has 7 heteroatoms. The summed E-state index contributed by atoms with van der Waals surface area (Å²) in [4.78, 5) is 27.4. The lowest BCUT2D eigenvalue weighted by molar-refractivity contribution is -0.135. The number of esters is 1. The van der Waals surface area contributed by atoms with Gasteiger partial charge in [-0.05, 0) is 48.7 Å². The summed E-state index contributed by atoms with van der Waals surface area (Å²) in [7, 11) is 1.62. The number of benzene rings is 3. The lowest BCUT2D eigenvalue weighted by Crippen LogP contribution is -2.36. The topological polar surface area (TPSA) is 81.9 Å². The molecule has 0 N–H and O–H groups in total. The van der Waals surface area contributed by atoms with Gasteiger partial charge in [-0.3, -0.25) is 4.79 Å². The Morgan fingerprint density at radius 2 is 1.79 bits per heavy atom. The van der Waals surface area contributed by atoms with E-state index in [9.17, 15) is 9.59 Å². The van der Waals surface area contributed by atoms with Crippen LogP contribution in [0.25, 0.3) is 22.2 Å². The number of amides is 1. The molecule has 1 aliphatic rings. The maximum atomic E-state index is 12.9. The summed E-state index contributed by atoms with van der Waals surface area (Å²) in [6.07, 6.45) is 1.92. The first-order valence-corrected chi connectivity index (χ1v) is 11.2. The van der Waals surface area contributed by atoms with Gasteiger partial charge in [0.15, 0.2) is 12.4 Å². The van der Waals surface area contributed by atoms with Gasteiger partial charge < -0.3 is 18.9 Å². The fourth-order valence-corrected chi connectivity index (χ4v) is 3.89. The maximum absolute atomic E-state index is 12.9. The Morgan fingerprint density at radius 1 is 1.03 bits per heavy atom. The zero-order chi connectivity index (χ0) is 23.5. The van der Waals surface area contributed by atoms with Gasteiger partial charge in [-0.2, -0.15) is 0 Å². The minimum absolute atomic E-state index is 0.190. The molecular weight excluding hydrogens is 432 g/mol. The molecular formula is C27H24N2O5. The number of nitrogens with zero attached hydrogens (tertiary/aromatic N) is 2. The van der Waals surface area contributed by atoms with Crippen molar-refractivity contribution in [1.29, 1.82) is 0 Å². The predicted octanol–water partition coefficient (Wildman–Crippen LogP) is 4.85. The van der Waals surface area contributed by atoms with Gasteiger partial charge in [0.1, 0.15) is 11.3 Å². The zero-order valence-electron chi connectivity index (χ0n) is 18.8. The Kier molecular flexibility index (Phi) is 5.99. The molecule has 1 aliphatic carbocycles. The molecule has 1 heterocycles. The van der Waals surface area contributed by atoms with Gasteiger partial charge in [-0.15, -0.1) is 0 Å². The van der Waals surface area contributed by atoms with Gasteiger partial charge in [-0.25, -0.2) is 4.79 Å². The van der Waals surface area contributed by atoms with E-state index in [1.807, 2.05) is 54.6 Å². The Morgan fingerprint density at radius 3 is 2.50 bits per heavy atom. The quantitative estimate of drug-likeness (QED) is 0.353. The van der Waals surface area contributed by atoms with E-state index in [0.29, 0.717) is 28.8 Å². The zero-order valence-corrected chi connectivity index (χ0v) is 18.8. The van der Waals surface area contributed by atoms with Gasteiger partial charge in [0, 0.05) is 18.2 Å². The third-order valence-electron chi connectivity index (χ3n) is 5.89. The highest BCUT2D eigenvalue weighted by Crippen LogP contribution is 2.30.